The maximum atomic E-state index is 11.9. The third kappa shape index (κ3) is 4.44. The highest BCUT2D eigenvalue weighted by atomic mass is 16.5. The van der Waals surface area contributed by atoms with Crippen molar-refractivity contribution in [2.24, 2.45) is 11.5 Å². The smallest absolute Gasteiger partial charge is 0.316 e. The van der Waals surface area contributed by atoms with Gasteiger partial charge in [-0.05, 0) is 30.5 Å². The first kappa shape index (κ1) is 15.3. The van der Waals surface area contributed by atoms with Gasteiger partial charge in [0.2, 0.25) is 5.91 Å². The zero-order valence-electron chi connectivity index (χ0n) is 11.7. The van der Waals surface area contributed by atoms with Crippen LogP contribution in [0.2, 0.25) is 0 Å². The Morgan fingerprint density at radius 2 is 1.95 bits per heavy atom. The van der Waals surface area contributed by atoms with Gasteiger partial charge >= 0.3 is 6.03 Å². The molecular formula is C14H20N4O3. The van der Waals surface area contributed by atoms with E-state index in [2.05, 4.69) is 10.6 Å². The van der Waals surface area contributed by atoms with Crippen molar-refractivity contribution in [1.29, 1.82) is 0 Å². The Labute approximate surface area is 123 Å². The highest BCUT2D eigenvalue weighted by Crippen LogP contribution is 2.19. The molecule has 0 saturated carbocycles. The molecule has 3 amide bonds. The van der Waals surface area contributed by atoms with E-state index in [0.29, 0.717) is 25.2 Å². The van der Waals surface area contributed by atoms with Gasteiger partial charge in [-0.2, -0.15) is 0 Å². The Kier molecular flexibility index (Phi) is 5.13. The molecule has 1 aromatic rings. The molecule has 0 bridgehead atoms. The van der Waals surface area contributed by atoms with E-state index >= 15 is 0 Å². The second-order valence-electron chi connectivity index (χ2n) is 4.96. The predicted octanol–water partition coefficient (Wildman–Crippen LogP) is 0.300. The average Bonchev–Trinajstić information content (AvgIpc) is 2.94. The van der Waals surface area contributed by atoms with Crippen LogP contribution in [0.25, 0.3) is 0 Å². The first-order chi connectivity index (χ1) is 10.1. The summed E-state index contributed by atoms with van der Waals surface area (Å²) >= 11 is 0. The predicted molar refractivity (Wildman–Crippen MR) is 78.4 cm³/mol. The molecule has 0 aromatic heterocycles. The Balaban J connectivity index is 1.80. The first-order valence-electron chi connectivity index (χ1n) is 6.87. The van der Waals surface area contributed by atoms with Crippen LogP contribution in [0.1, 0.15) is 18.4 Å². The van der Waals surface area contributed by atoms with Gasteiger partial charge in [-0.3, -0.25) is 4.79 Å². The van der Waals surface area contributed by atoms with Crippen molar-refractivity contribution in [2.75, 3.05) is 11.9 Å². The van der Waals surface area contributed by atoms with E-state index in [1.165, 1.54) is 0 Å². The summed E-state index contributed by atoms with van der Waals surface area (Å²) in [5.74, 6) is -0.120. The fraction of sp³-hybridized carbons (Fsp3) is 0.429. The average molecular weight is 292 g/mol. The highest BCUT2D eigenvalue weighted by molar-refractivity contribution is 5.87. The van der Waals surface area contributed by atoms with Gasteiger partial charge in [0.1, 0.15) is 6.10 Å². The van der Waals surface area contributed by atoms with Crippen LogP contribution < -0.4 is 22.1 Å². The van der Waals surface area contributed by atoms with Crippen LogP contribution in [-0.4, -0.2) is 30.7 Å². The van der Waals surface area contributed by atoms with Gasteiger partial charge in [-0.25, -0.2) is 4.79 Å². The van der Waals surface area contributed by atoms with Crippen LogP contribution >= 0.6 is 0 Å². The van der Waals surface area contributed by atoms with Crippen LogP contribution in [0.15, 0.2) is 24.3 Å². The number of hydrogen-bond donors (Lipinski definition) is 4. The maximum absolute atomic E-state index is 11.9. The van der Waals surface area contributed by atoms with Crippen molar-refractivity contribution in [2.45, 2.75) is 31.6 Å². The summed E-state index contributed by atoms with van der Waals surface area (Å²) in [6, 6.07) is 6.46. The summed E-state index contributed by atoms with van der Waals surface area (Å²) < 4.78 is 5.53. The Morgan fingerprint density at radius 3 is 2.52 bits per heavy atom. The van der Waals surface area contributed by atoms with Crippen molar-refractivity contribution in [3.8, 4) is 0 Å². The summed E-state index contributed by atoms with van der Waals surface area (Å²) in [4.78, 5) is 22.6. The zero-order valence-corrected chi connectivity index (χ0v) is 11.7. The summed E-state index contributed by atoms with van der Waals surface area (Å²) in [6.45, 7) is 0.848. The lowest BCUT2D eigenvalue weighted by molar-refractivity contribution is -0.132. The number of nitrogens with two attached hydrogens (primary N) is 2. The van der Waals surface area contributed by atoms with E-state index in [4.69, 9.17) is 16.2 Å². The molecule has 1 heterocycles. The largest absolute Gasteiger partial charge is 0.364 e. The Morgan fingerprint density at radius 1 is 1.24 bits per heavy atom. The number of ether oxygens (including phenoxy) is 1. The topological polar surface area (TPSA) is 119 Å². The third-order valence-electron chi connectivity index (χ3n) is 3.35. The van der Waals surface area contributed by atoms with E-state index in [-0.39, 0.29) is 12.0 Å². The van der Waals surface area contributed by atoms with Crippen molar-refractivity contribution < 1.29 is 14.3 Å². The quantitative estimate of drug-likeness (QED) is 0.624. The molecule has 0 aliphatic carbocycles. The van der Waals surface area contributed by atoms with Gasteiger partial charge < -0.3 is 26.8 Å². The summed E-state index contributed by atoms with van der Waals surface area (Å²) in [5, 5.41) is 5.30. The fourth-order valence-electron chi connectivity index (χ4n) is 2.22. The van der Waals surface area contributed by atoms with Crippen LogP contribution in [0.5, 0.6) is 0 Å². The fourth-order valence-corrected chi connectivity index (χ4v) is 2.22. The molecule has 1 aliphatic rings. The van der Waals surface area contributed by atoms with E-state index in [9.17, 15) is 9.59 Å². The molecule has 1 fully saturated rings. The van der Waals surface area contributed by atoms with Gasteiger partial charge in [0.05, 0.1) is 6.10 Å². The van der Waals surface area contributed by atoms with E-state index in [1.807, 2.05) is 12.1 Å². The second-order valence-corrected chi connectivity index (χ2v) is 4.96. The number of carbonyl (C=O) groups excluding carboxylic acids is 2. The normalized spacial score (nSPS) is 21.0. The van der Waals surface area contributed by atoms with Crippen LogP contribution in [-0.2, 0) is 16.1 Å². The molecule has 21 heavy (non-hydrogen) atoms. The van der Waals surface area contributed by atoms with E-state index < -0.39 is 12.1 Å². The number of nitrogens with one attached hydrogen (secondary N) is 2. The molecule has 1 aromatic carbocycles. The van der Waals surface area contributed by atoms with Crippen LogP contribution in [0.3, 0.4) is 0 Å². The van der Waals surface area contributed by atoms with Gasteiger partial charge in [-0.15, -0.1) is 0 Å². The van der Waals surface area contributed by atoms with Crippen molar-refractivity contribution in [3.63, 3.8) is 0 Å². The number of amides is 3. The highest BCUT2D eigenvalue weighted by Gasteiger charge is 2.29. The van der Waals surface area contributed by atoms with Crippen LogP contribution in [0, 0.1) is 0 Å². The molecule has 0 unspecified atom stereocenters. The monoisotopic (exact) mass is 292 g/mol. The molecule has 7 heteroatoms. The van der Waals surface area contributed by atoms with Crippen molar-refractivity contribution >= 4 is 17.6 Å². The minimum atomic E-state index is -0.608. The molecule has 7 nitrogen and oxygen atoms in total. The number of hydrogen-bond acceptors (Lipinski definition) is 4. The molecule has 0 radical (unpaired) electrons. The molecule has 1 saturated heterocycles. The Hall–Kier alpha value is -2.12. The first-order valence-corrected chi connectivity index (χ1v) is 6.87. The summed E-state index contributed by atoms with van der Waals surface area (Å²) in [6.07, 6.45) is 1.10. The SMILES string of the molecule is NC[C@H]1CC[C@@H](C(=O)NCc2ccc(NC(N)=O)cc2)O1. The van der Waals surface area contributed by atoms with Crippen molar-refractivity contribution in [1.82, 2.24) is 5.32 Å². The molecule has 0 spiro atoms. The summed E-state index contributed by atoms with van der Waals surface area (Å²) in [5.41, 5.74) is 12.1. The van der Waals surface area contributed by atoms with Gasteiger partial charge in [0.15, 0.2) is 0 Å². The zero-order chi connectivity index (χ0) is 15.2. The summed E-state index contributed by atoms with van der Waals surface area (Å²) in [7, 11) is 0. The van der Waals surface area contributed by atoms with Gasteiger partial charge in [-0.1, -0.05) is 12.1 Å². The third-order valence-corrected chi connectivity index (χ3v) is 3.35. The number of primary amides is 1. The lowest BCUT2D eigenvalue weighted by Gasteiger charge is -2.13. The number of carbonyl (C=O) groups is 2. The van der Waals surface area contributed by atoms with Gasteiger partial charge in [0.25, 0.3) is 0 Å². The Bertz CT molecular complexity index is 503. The van der Waals surface area contributed by atoms with E-state index in [0.717, 1.165) is 12.0 Å². The molecule has 1 aliphatic heterocycles. The number of anilines is 1. The standard InChI is InChI=1S/C14H20N4O3/c15-7-11-5-6-12(21-11)13(19)17-8-9-1-3-10(4-2-9)18-14(16)20/h1-4,11-12H,5-8,15H2,(H,17,19)(H3,16,18,20)/t11-,12+/m1/s1. The maximum Gasteiger partial charge on any atom is 0.316 e. The number of benzene rings is 1. The minimum absolute atomic E-state index is 0.0140. The molecular weight excluding hydrogens is 272 g/mol. The van der Waals surface area contributed by atoms with Crippen molar-refractivity contribution in [3.05, 3.63) is 29.8 Å². The van der Waals surface area contributed by atoms with E-state index in [1.54, 1.807) is 12.1 Å². The minimum Gasteiger partial charge on any atom is -0.364 e. The molecule has 2 rings (SSSR count). The lowest BCUT2D eigenvalue weighted by Crippen LogP contribution is -2.35. The van der Waals surface area contributed by atoms with Gasteiger partial charge in [0, 0.05) is 18.8 Å². The van der Waals surface area contributed by atoms with Crippen LogP contribution in [0.4, 0.5) is 10.5 Å². The molecule has 2 atom stereocenters. The number of urea groups is 1. The number of rotatable bonds is 5. The second kappa shape index (κ2) is 7.05. The molecule has 114 valence electrons. The lowest BCUT2D eigenvalue weighted by atomic mass is 10.1. The molecule has 6 N–H and O–H groups in total.